The molecule has 1 aromatic carbocycles. The molecular formula is C27H36N6O2. The Balaban J connectivity index is 1.61. The first-order chi connectivity index (χ1) is 16.7. The predicted octanol–water partition coefficient (Wildman–Crippen LogP) is 4.63. The lowest BCUT2D eigenvalue weighted by atomic mass is 9.90. The second-order valence-corrected chi connectivity index (χ2v) is 10.6. The number of nitrogens with zero attached hydrogens (tertiary/aromatic N) is 3. The lowest BCUT2D eigenvalue weighted by molar-refractivity contribution is 0.0929. The standard InChI is InChI=1S/C27H36N6O2/c1-17-11-12-20-19(14-17)24(33-25(31-20)26(34)29-16-27(2,3)4)32-22-10-6-5-9-21(22)30-23(28)15-18-8-7-13-35-18/h7-8,11-14,21-22H,5-6,9-10,15-16H2,1-4H3,(H2,28,30)(H,29,34)(H,31,32,33)/t21-,22+/m1/s1. The van der Waals surface area contributed by atoms with Crippen molar-refractivity contribution in [2.75, 3.05) is 11.9 Å². The molecule has 1 amide bonds. The molecule has 8 nitrogen and oxygen atoms in total. The van der Waals surface area contributed by atoms with Crippen LogP contribution in [0.15, 0.2) is 46.0 Å². The van der Waals surface area contributed by atoms with E-state index in [0.29, 0.717) is 24.6 Å². The van der Waals surface area contributed by atoms with Crippen molar-refractivity contribution < 1.29 is 9.21 Å². The summed E-state index contributed by atoms with van der Waals surface area (Å²) in [6.45, 7) is 8.80. The van der Waals surface area contributed by atoms with Crippen LogP contribution in [0.25, 0.3) is 10.9 Å². The molecule has 2 aromatic heterocycles. The first-order valence-electron chi connectivity index (χ1n) is 12.4. The van der Waals surface area contributed by atoms with Gasteiger partial charge in [-0.1, -0.05) is 45.2 Å². The fourth-order valence-corrected chi connectivity index (χ4v) is 4.34. The van der Waals surface area contributed by atoms with Crippen LogP contribution in [-0.4, -0.2) is 40.3 Å². The molecule has 0 aliphatic heterocycles. The molecule has 4 N–H and O–H groups in total. The fraction of sp³-hybridized carbons (Fsp3) is 0.481. The molecule has 1 saturated carbocycles. The third-order valence-corrected chi connectivity index (χ3v) is 6.15. The minimum atomic E-state index is -0.272. The van der Waals surface area contributed by atoms with Crippen LogP contribution in [0.1, 0.15) is 68.4 Å². The van der Waals surface area contributed by atoms with Crippen molar-refractivity contribution in [3.05, 3.63) is 53.7 Å². The van der Waals surface area contributed by atoms with Crippen LogP contribution < -0.4 is 16.4 Å². The Bertz CT molecular complexity index is 1200. The summed E-state index contributed by atoms with van der Waals surface area (Å²) >= 11 is 0. The van der Waals surface area contributed by atoms with Gasteiger partial charge in [0.2, 0.25) is 5.82 Å². The van der Waals surface area contributed by atoms with Gasteiger partial charge in [-0.3, -0.25) is 9.79 Å². The van der Waals surface area contributed by atoms with Gasteiger partial charge in [0.1, 0.15) is 17.4 Å². The number of nitrogens with one attached hydrogen (secondary N) is 2. The van der Waals surface area contributed by atoms with Gasteiger partial charge in [-0.15, -0.1) is 0 Å². The van der Waals surface area contributed by atoms with Gasteiger partial charge in [-0.2, -0.15) is 0 Å². The summed E-state index contributed by atoms with van der Waals surface area (Å²) in [5.74, 6) is 1.92. The average molecular weight is 477 g/mol. The molecule has 0 spiro atoms. The molecule has 3 aromatic rings. The molecule has 35 heavy (non-hydrogen) atoms. The molecule has 0 saturated heterocycles. The number of nitrogens with two attached hydrogens (primary N) is 1. The fourth-order valence-electron chi connectivity index (χ4n) is 4.34. The lowest BCUT2D eigenvalue weighted by Crippen LogP contribution is -2.38. The summed E-state index contributed by atoms with van der Waals surface area (Å²) in [5, 5.41) is 7.48. The first-order valence-corrected chi connectivity index (χ1v) is 12.4. The Hall–Kier alpha value is -3.42. The van der Waals surface area contributed by atoms with Crippen LogP contribution >= 0.6 is 0 Å². The second-order valence-electron chi connectivity index (χ2n) is 10.6. The van der Waals surface area contributed by atoms with Crippen molar-refractivity contribution in [1.82, 2.24) is 15.3 Å². The molecule has 0 unspecified atom stereocenters. The van der Waals surface area contributed by atoms with Gasteiger partial charge in [0.15, 0.2) is 0 Å². The topological polar surface area (TPSA) is 118 Å². The number of furan rings is 1. The average Bonchev–Trinajstić information content (AvgIpc) is 3.31. The maximum absolute atomic E-state index is 12.9. The van der Waals surface area contributed by atoms with Crippen molar-refractivity contribution in [1.29, 1.82) is 0 Å². The zero-order valence-corrected chi connectivity index (χ0v) is 21.1. The summed E-state index contributed by atoms with van der Waals surface area (Å²) in [6.07, 6.45) is 6.23. The molecular weight excluding hydrogens is 440 g/mol. The zero-order valence-electron chi connectivity index (χ0n) is 21.1. The van der Waals surface area contributed by atoms with Gasteiger partial charge in [0.25, 0.3) is 5.91 Å². The highest BCUT2D eigenvalue weighted by Gasteiger charge is 2.27. The van der Waals surface area contributed by atoms with Crippen LogP contribution in [0.4, 0.5) is 5.82 Å². The Morgan fingerprint density at radius 3 is 2.74 bits per heavy atom. The van der Waals surface area contributed by atoms with Gasteiger partial charge >= 0.3 is 0 Å². The molecule has 2 heterocycles. The van der Waals surface area contributed by atoms with E-state index in [4.69, 9.17) is 15.1 Å². The Morgan fingerprint density at radius 2 is 2.00 bits per heavy atom. The summed E-state index contributed by atoms with van der Waals surface area (Å²) in [7, 11) is 0. The van der Waals surface area contributed by atoms with Crippen molar-refractivity contribution >= 4 is 28.5 Å². The zero-order chi connectivity index (χ0) is 25.0. The molecule has 8 heteroatoms. The first kappa shape index (κ1) is 24.7. The Kier molecular flexibility index (Phi) is 7.38. The van der Waals surface area contributed by atoms with Crippen LogP contribution in [-0.2, 0) is 6.42 Å². The third-order valence-electron chi connectivity index (χ3n) is 6.15. The SMILES string of the molecule is Cc1ccc2nc(C(=O)NCC(C)(C)C)nc(N[C@H]3CCCC[C@H]3N=C(N)Cc3ccco3)c2c1. The smallest absolute Gasteiger partial charge is 0.289 e. The quantitative estimate of drug-likeness (QED) is 0.338. The monoisotopic (exact) mass is 476 g/mol. The van der Waals surface area contributed by atoms with E-state index in [1.165, 1.54) is 0 Å². The van der Waals surface area contributed by atoms with Gasteiger partial charge in [-0.25, -0.2) is 9.97 Å². The van der Waals surface area contributed by atoms with E-state index >= 15 is 0 Å². The highest BCUT2D eigenvalue weighted by atomic mass is 16.3. The van der Waals surface area contributed by atoms with Gasteiger partial charge < -0.3 is 20.8 Å². The Labute approximate surface area is 206 Å². The molecule has 1 aliphatic carbocycles. The Morgan fingerprint density at radius 1 is 1.20 bits per heavy atom. The van der Waals surface area contributed by atoms with Crippen LogP contribution in [0.2, 0.25) is 0 Å². The highest BCUT2D eigenvalue weighted by Crippen LogP contribution is 2.28. The van der Waals surface area contributed by atoms with Gasteiger partial charge in [-0.05, 0) is 49.4 Å². The molecule has 0 bridgehead atoms. The van der Waals surface area contributed by atoms with Gasteiger partial charge in [0.05, 0.1) is 24.2 Å². The van der Waals surface area contributed by atoms with Crippen LogP contribution in [0.5, 0.6) is 0 Å². The van der Waals surface area contributed by atoms with E-state index in [1.54, 1.807) is 6.26 Å². The number of carbonyl (C=O) groups excluding carboxylic acids is 1. The normalized spacial score (nSPS) is 19.0. The summed E-state index contributed by atoms with van der Waals surface area (Å²) in [5.41, 5.74) is 8.09. The number of rotatable bonds is 7. The number of carbonyl (C=O) groups is 1. The maximum Gasteiger partial charge on any atom is 0.289 e. The van der Waals surface area contributed by atoms with E-state index in [2.05, 4.69) is 47.4 Å². The number of aliphatic imine (C=N–C) groups is 1. The minimum absolute atomic E-state index is 0.0201. The number of aryl methyl sites for hydroxylation is 1. The largest absolute Gasteiger partial charge is 0.469 e. The molecule has 1 fully saturated rings. The number of benzene rings is 1. The highest BCUT2D eigenvalue weighted by molar-refractivity contribution is 5.96. The second kappa shape index (κ2) is 10.5. The number of anilines is 1. The van der Waals surface area contributed by atoms with E-state index in [9.17, 15) is 4.79 Å². The van der Waals surface area contributed by atoms with Crippen LogP contribution in [0.3, 0.4) is 0 Å². The molecule has 186 valence electrons. The van der Waals surface area contributed by atoms with Crippen molar-refractivity contribution in [2.24, 2.45) is 16.1 Å². The molecule has 1 aliphatic rings. The van der Waals surface area contributed by atoms with Crippen molar-refractivity contribution in [2.45, 2.75) is 71.9 Å². The number of fused-ring (bicyclic) bond motifs is 1. The lowest BCUT2D eigenvalue weighted by Gasteiger charge is -2.30. The summed E-state index contributed by atoms with van der Waals surface area (Å²) in [6, 6.07) is 9.83. The minimum Gasteiger partial charge on any atom is -0.469 e. The van der Waals surface area contributed by atoms with Crippen LogP contribution in [0, 0.1) is 12.3 Å². The van der Waals surface area contributed by atoms with Crippen molar-refractivity contribution in [3.8, 4) is 0 Å². The number of amidine groups is 1. The number of hydrogen-bond acceptors (Lipinski definition) is 6. The number of aromatic nitrogens is 2. The number of amides is 1. The van der Waals surface area contributed by atoms with Gasteiger partial charge in [0, 0.05) is 18.0 Å². The predicted molar refractivity (Wildman–Crippen MR) is 140 cm³/mol. The van der Waals surface area contributed by atoms with Crippen molar-refractivity contribution in [3.63, 3.8) is 0 Å². The number of hydrogen-bond donors (Lipinski definition) is 3. The summed E-state index contributed by atoms with van der Waals surface area (Å²) in [4.78, 5) is 27.0. The molecule has 4 rings (SSSR count). The van der Waals surface area contributed by atoms with E-state index in [1.807, 2.05) is 31.2 Å². The molecule has 0 radical (unpaired) electrons. The van der Waals surface area contributed by atoms with E-state index in [-0.39, 0.29) is 29.2 Å². The summed E-state index contributed by atoms with van der Waals surface area (Å²) < 4.78 is 5.42. The third kappa shape index (κ3) is 6.59. The maximum atomic E-state index is 12.9. The van der Waals surface area contributed by atoms with E-state index < -0.39 is 0 Å². The molecule has 2 atom stereocenters. The van der Waals surface area contributed by atoms with E-state index in [0.717, 1.165) is 47.9 Å².